The van der Waals surface area contributed by atoms with Crippen molar-refractivity contribution in [3.8, 4) is 0 Å². The summed E-state index contributed by atoms with van der Waals surface area (Å²) in [6.07, 6.45) is 12.3. The van der Waals surface area contributed by atoms with E-state index in [1.54, 1.807) is 0 Å². The molecule has 2 rings (SSSR count). The van der Waals surface area contributed by atoms with Crippen molar-refractivity contribution in [2.24, 2.45) is 29.1 Å². The van der Waals surface area contributed by atoms with Gasteiger partial charge in [-0.05, 0) is 87.9 Å². The molecular weight excluding hydrogens is 324 g/mol. The molecule has 0 aliphatic heterocycles. The molecule has 0 saturated heterocycles. The SMILES string of the molecule is C[C@H](CCO)[C@H]1CC[C@H]2[C@@H](O)CC[C@@H](CCCCCCC(C)(C)O)[C@]12C. The highest BCUT2D eigenvalue weighted by Crippen LogP contribution is 2.61. The Bertz CT molecular complexity index is 416. The number of hydrogen-bond acceptors (Lipinski definition) is 3. The summed E-state index contributed by atoms with van der Waals surface area (Å²) in [7, 11) is 0. The highest BCUT2D eigenvalue weighted by molar-refractivity contribution is 5.05. The Morgan fingerprint density at radius 3 is 2.38 bits per heavy atom. The summed E-state index contributed by atoms with van der Waals surface area (Å²) in [4.78, 5) is 0. The second-order valence-corrected chi connectivity index (χ2v) is 10.3. The summed E-state index contributed by atoms with van der Waals surface area (Å²) in [6.45, 7) is 8.85. The predicted octanol–water partition coefficient (Wildman–Crippen LogP) is 4.92. The van der Waals surface area contributed by atoms with Crippen LogP contribution in [0.4, 0.5) is 0 Å². The van der Waals surface area contributed by atoms with E-state index in [4.69, 9.17) is 0 Å². The molecule has 0 unspecified atom stereocenters. The Morgan fingerprint density at radius 2 is 1.73 bits per heavy atom. The summed E-state index contributed by atoms with van der Waals surface area (Å²) in [5.41, 5.74) is -0.278. The van der Waals surface area contributed by atoms with Crippen molar-refractivity contribution in [2.45, 2.75) is 110 Å². The van der Waals surface area contributed by atoms with Crippen molar-refractivity contribution in [3.05, 3.63) is 0 Å². The fraction of sp³-hybridized carbons (Fsp3) is 1.00. The first-order chi connectivity index (χ1) is 12.2. The third-order valence-corrected chi connectivity index (χ3v) is 7.90. The van der Waals surface area contributed by atoms with Gasteiger partial charge in [-0.25, -0.2) is 0 Å². The monoisotopic (exact) mass is 368 g/mol. The average Bonchev–Trinajstić information content (AvgIpc) is 2.91. The van der Waals surface area contributed by atoms with Crippen LogP contribution in [0, 0.1) is 29.1 Å². The number of fused-ring (bicyclic) bond motifs is 1. The zero-order valence-corrected chi connectivity index (χ0v) is 17.7. The lowest BCUT2D eigenvalue weighted by Gasteiger charge is -2.51. The number of aliphatic hydroxyl groups excluding tert-OH is 2. The highest BCUT2D eigenvalue weighted by atomic mass is 16.3. The van der Waals surface area contributed by atoms with E-state index < -0.39 is 5.60 Å². The highest BCUT2D eigenvalue weighted by Gasteiger charge is 2.56. The van der Waals surface area contributed by atoms with Crippen LogP contribution in [0.25, 0.3) is 0 Å². The molecule has 0 radical (unpaired) electrons. The molecule has 2 aliphatic carbocycles. The van der Waals surface area contributed by atoms with Gasteiger partial charge in [-0.3, -0.25) is 0 Å². The van der Waals surface area contributed by atoms with E-state index in [0.29, 0.717) is 17.8 Å². The average molecular weight is 369 g/mol. The number of rotatable bonds is 10. The molecule has 0 aromatic carbocycles. The predicted molar refractivity (Wildman–Crippen MR) is 108 cm³/mol. The number of hydrogen-bond donors (Lipinski definition) is 3. The van der Waals surface area contributed by atoms with Crippen molar-refractivity contribution in [2.75, 3.05) is 6.61 Å². The summed E-state index contributed by atoms with van der Waals surface area (Å²) >= 11 is 0. The van der Waals surface area contributed by atoms with Gasteiger partial charge in [-0.15, -0.1) is 0 Å². The molecule has 0 aromatic rings. The van der Waals surface area contributed by atoms with E-state index in [-0.39, 0.29) is 18.1 Å². The second-order valence-electron chi connectivity index (χ2n) is 10.3. The van der Waals surface area contributed by atoms with Crippen molar-refractivity contribution >= 4 is 0 Å². The third kappa shape index (κ3) is 5.23. The maximum atomic E-state index is 10.6. The Hall–Kier alpha value is -0.120. The lowest BCUT2D eigenvalue weighted by molar-refractivity contribution is -0.0734. The Balaban J connectivity index is 1.90. The van der Waals surface area contributed by atoms with Gasteiger partial charge in [0.05, 0.1) is 11.7 Å². The zero-order chi connectivity index (χ0) is 19.4. The van der Waals surface area contributed by atoms with Crippen LogP contribution in [-0.2, 0) is 0 Å². The molecule has 0 bridgehead atoms. The first kappa shape index (κ1) is 22.2. The maximum Gasteiger partial charge on any atom is 0.0591 e. The lowest BCUT2D eigenvalue weighted by atomic mass is 9.55. The summed E-state index contributed by atoms with van der Waals surface area (Å²) in [6, 6.07) is 0. The second kappa shape index (κ2) is 9.39. The van der Waals surface area contributed by atoms with Gasteiger partial charge in [-0.2, -0.15) is 0 Å². The van der Waals surface area contributed by atoms with Crippen LogP contribution < -0.4 is 0 Å². The molecule has 3 heteroatoms. The van der Waals surface area contributed by atoms with E-state index >= 15 is 0 Å². The van der Waals surface area contributed by atoms with E-state index in [2.05, 4.69) is 13.8 Å². The Kier molecular flexibility index (Phi) is 8.00. The van der Waals surface area contributed by atoms with Gasteiger partial charge in [0.2, 0.25) is 0 Å². The maximum absolute atomic E-state index is 10.6. The van der Waals surface area contributed by atoms with E-state index in [9.17, 15) is 15.3 Å². The Morgan fingerprint density at radius 1 is 1.04 bits per heavy atom. The summed E-state index contributed by atoms with van der Waals surface area (Å²) < 4.78 is 0. The van der Waals surface area contributed by atoms with Crippen LogP contribution in [0.3, 0.4) is 0 Å². The van der Waals surface area contributed by atoms with Gasteiger partial charge in [-0.1, -0.05) is 39.5 Å². The largest absolute Gasteiger partial charge is 0.396 e. The van der Waals surface area contributed by atoms with Gasteiger partial charge in [0, 0.05) is 6.61 Å². The van der Waals surface area contributed by atoms with Crippen LogP contribution in [0.5, 0.6) is 0 Å². The molecular formula is C23H44O3. The van der Waals surface area contributed by atoms with Gasteiger partial charge >= 0.3 is 0 Å². The van der Waals surface area contributed by atoms with Crippen LogP contribution in [0.15, 0.2) is 0 Å². The zero-order valence-electron chi connectivity index (χ0n) is 17.7. The molecule has 154 valence electrons. The van der Waals surface area contributed by atoms with E-state index in [1.165, 1.54) is 44.9 Å². The number of unbranched alkanes of at least 4 members (excludes halogenated alkanes) is 3. The van der Waals surface area contributed by atoms with Gasteiger partial charge in [0.25, 0.3) is 0 Å². The fourth-order valence-corrected chi connectivity index (χ4v) is 6.41. The van der Waals surface area contributed by atoms with Crippen LogP contribution in [0.2, 0.25) is 0 Å². The van der Waals surface area contributed by atoms with Gasteiger partial charge in [0.1, 0.15) is 0 Å². The van der Waals surface area contributed by atoms with Crippen LogP contribution in [0.1, 0.15) is 98.3 Å². The minimum atomic E-state index is -0.528. The third-order valence-electron chi connectivity index (χ3n) is 7.90. The molecule has 0 heterocycles. The normalized spacial score (nSPS) is 36.1. The van der Waals surface area contributed by atoms with Crippen molar-refractivity contribution in [1.82, 2.24) is 0 Å². The lowest BCUT2D eigenvalue weighted by Crippen LogP contribution is -2.47. The quantitative estimate of drug-likeness (QED) is 0.480. The molecule has 0 amide bonds. The molecule has 0 spiro atoms. The summed E-state index contributed by atoms with van der Waals surface area (Å²) in [5.74, 6) is 2.38. The summed E-state index contributed by atoms with van der Waals surface area (Å²) in [5, 5.41) is 29.9. The molecule has 3 nitrogen and oxygen atoms in total. The van der Waals surface area contributed by atoms with Gasteiger partial charge in [0.15, 0.2) is 0 Å². The standard InChI is InChI=1S/C23H44O3/c1-17(14-16-24)19-11-12-20-21(25)13-10-18(23(19,20)4)9-7-5-6-8-15-22(2,3)26/h17-21,24-26H,5-16H2,1-4H3/t17-,18-,19-,20+,21+,23-/m1/s1. The fourth-order valence-electron chi connectivity index (χ4n) is 6.41. The molecule has 2 saturated carbocycles. The van der Waals surface area contributed by atoms with Crippen molar-refractivity contribution < 1.29 is 15.3 Å². The van der Waals surface area contributed by atoms with Gasteiger partial charge < -0.3 is 15.3 Å². The van der Waals surface area contributed by atoms with Crippen molar-refractivity contribution in [1.29, 1.82) is 0 Å². The first-order valence-electron chi connectivity index (χ1n) is 11.2. The Labute approximate surface area is 161 Å². The minimum Gasteiger partial charge on any atom is -0.396 e. The van der Waals surface area contributed by atoms with Crippen LogP contribution >= 0.6 is 0 Å². The molecule has 2 aliphatic rings. The topological polar surface area (TPSA) is 60.7 Å². The first-order valence-corrected chi connectivity index (χ1v) is 11.2. The molecule has 6 atom stereocenters. The minimum absolute atomic E-state index is 0.116. The molecule has 3 N–H and O–H groups in total. The molecule has 2 fully saturated rings. The van der Waals surface area contributed by atoms with E-state index in [1.807, 2.05) is 13.8 Å². The van der Waals surface area contributed by atoms with Crippen molar-refractivity contribution in [3.63, 3.8) is 0 Å². The molecule has 26 heavy (non-hydrogen) atoms. The molecule has 0 aromatic heterocycles. The smallest absolute Gasteiger partial charge is 0.0591 e. The van der Waals surface area contributed by atoms with E-state index in [0.717, 1.165) is 31.6 Å². The number of aliphatic hydroxyl groups is 3. The van der Waals surface area contributed by atoms with Crippen LogP contribution in [-0.4, -0.2) is 33.6 Å².